The minimum atomic E-state index is 0.155. The monoisotopic (exact) mass is 211 g/mol. The summed E-state index contributed by atoms with van der Waals surface area (Å²) in [6.07, 6.45) is 5.35. The van der Waals surface area contributed by atoms with Crippen LogP contribution in [0.25, 0.3) is 0 Å². The summed E-state index contributed by atoms with van der Waals surface area (Å²) in [6.45, 7) is 2.12. The minimum Gasteiger partial charge on any atom is -0.294 e. The zero-order chi connectivity index (χ0) is 10.4. The molecule has 0 unspecified atom stereocenters. The number of nitrogens with zero attached hydrogens (tertiary/aromatic N) is 1. The molecule has 2 nitrogen and oxygen atoms in total. The van der Waals surface area contributed by atoms with Crippen LogP contribution in [0.5, 0.6) is 0 Å². The van der Waals surface area contributed by atoms with Gasteiger partial charge in [0, 0.05) is 18.2 Å². The van der Waals surface area contributed by atoms with E-state index in [2.05, 4.69) is 11.9 Å². The van der Waals surface area contributed by atoms with Crippen LogP contribution in [0.4, 0.5) is 0 Å². The maximum atomic E-state index is 11.6. The number of hydrogen-bond donors (Lipinski definition) is 0. The molecule has 0 atom stereocenters. The summed E-state index contributed by atoms with van der Waals surface area (Å²) in [7, 11) is 0. The molecule has 0 saturated heterocycles. The molecule has 14 heavy (non-hydrogen) atoms. The Hall–Kier alpha value is -0.890. The Morgan fingerprint density at radius 2 is 2.29 bits per heavy atom. The molecule has 76 valence electrons. The molecule has 0 bridgehead atoms. The summed E-state index contributed by atoms with van der Waals surface area (Å²) < 4.78 is 0. The van der Waals surface area contributed by atoms with E-state index in [0.717, 1.165) is 19.3 Å². The summed E-state index contributed by atoms with van der Waals surface area (Å²) >= 11 is 5.69. The molecule has 0 spiro atoms. The Bertz CT molecular complexity index is 312. The van der Waals surface area contributed by atoms with Crippen molar-refractivity contribution in [3.8, 4) is 0 Å². The fraction of sp³-hybridized carbons (Fsp3) is 0.455. The van der Waals surface area contributed by atoms with Gasteiger partial charge < -0.3 is 0 Å². The summed E-state index contributed by atoms with van der Waals surface area (Å²) in [5, 5.41) is 0.381. The van der Waals surface area contributed by atoms with Crippen LogP contribution >= 0.6 is 11.6 Å². The smallest absolute Gasteiger partial charge is 0.163 e. The lowest BCUT2D eigenvalue weighted by atomic mass is 10.1. The van der Waals surface area contributed by atoms with E-state index in [0.29, 0.717) is 17.1 Å². The highest BCUT2D eigenvalue weighted by atomic mass is 35.5. The van der Waals surface area contributed by atoms with Crippen LogP contribution in [0.2, 0.25) is 5.15 Å². The molecule has 0 aliphatic heterocycles. The SMILES string of the molecule is CCCCCC(=O)c1ccnc(Cl)c1. The molecule has 0 amide bonds. The van der Waals surface area contributed by atoms with Crippen LogP contribution < -0.4 is 0 Å². The molecular weight excluding hydrogens is 198 g/mol. The first-order chi connectivity index (χ1) is 6.74. The van der Waals surface area contributed by atoms with E-state index in [-0.39, 0.29) is 5.78 Å². The van der Waals surface area contributed by atoms with E-state index in [1.54, 1.807) is 18.3 Å². The quantitative estimate of drug-likeness (QED) is 0.424. The molecule has 3 heteroatoms. The number of pyridine rings is 1. The van der Waals surface area contributed by atoms with Crippen molar-refractivity contribution in [2.24, 2.45) is 0 Å². The highest BCUT2D eigenvalue weighted by molar-refractivity contribution is 6.29. The zero-order valence-electron chi connectivity index (χ0n) is 8.29. The molecule has 0 aliphatic rings. The summed E-state index contributed by atoms with van der Waals surface area (Å²) in [4.78, 5) is 15.4. The average Bonchev–Trinajstić information content (AvgIpc) is 2.18. The first kappa shape index (κ1) is 11.2. The number of halogens is 1. The number of ketones is 1. The van der Waals surface area contributed by atoms with Gasteiger partial charge in [-0.15, -0.1) is 0 Å². The molecular formula is C11H14ClNO. The predicted octanol–water partition coefficient (Wildman–Crippen LogP) is 3.50. The van der Waals surface area contributed by atoms with Gasteiger partial charge in [-0.25, -0.2) is 4.98 Å². The van der Waals surface area contributed by atoms with E-state index in [1.807, 2.05) is 0 Å². The molecule has 0 N–H and O–H groups in total. The maximum absolute atomic E-state index is 11.6. The van der Waals surface area contributed by atoms with Crippen LogP contribution in [0.15, 0.2) is 18.3 Å². The molecule has 0 aromatic carbocycles. The second-order valence-corrected chi connectivity index (χ2v) is 3.63. The third-order valence-corrected chi connectivity index (χ3v) is 2.26. The second-order valence-electron chi connectivity index (χ2n) is 3.25. The van der Waals surface area contributed by atoms with E-state index in [1.165, 1.54) is 0 Å². The lowest BCUT2D eigenvalue weighted by Gasteiger charge is -2.00. The third-order valence-electron chi connectivity index (χ3n) is 2.06. The van der Waals surface area contributed by atoms with Gasteiger partial charge >= 0.3 is 0 Å². The molecule has 0 saturated carbocycles. The Balaban J connectivity index is 2.52. The molecule has 0 fully saturated rings. The average molecular weight is 212 g/mol. The zero-order valence-corrected chi connectivity index (χ0v) is 9.05. The molecule has 1 aromatic rings. The Morgan fingerprint density at radius 1 is 1.50 bits per heavy atom. The van der Waals surface area contributed by atoms with E-state index in [4.69, 9.17) is 11.6 Å². The van der Waals surface area contributed by atoms with Gasteiger partial charge in [-0.1, -0.05) is 31.4 Å². The lowest BCUT2D eigenvalue weighted by molar-refractivity contribution is 0.0979. The van der Waals surface area contributed by atoms with E-state index >= 15 is 0 Å². The Labute approximate surface area is 89.3 Å². The minimum absolute atomic E-state index is 0.155. The van der Waals surface area contributed by atoms with Crippen molar-refractivity contribution in [3.05, 3.63) is 29.0 Å². The number of hydrogen-bond acceptors (Lipinski definition) is 2. The molecule has 0 radical (unpaired) electrons. The molecule has 1 rings (SSSR count). The Morgan fingerprint density at radius 3 is 2.93 bits per heavy atom. The molecule has 0 aliphatic carbocycles. The number of aromatic nitrogens is 1. The first-order valence-corrected chi connectivity index (χ1v) is 5.26. The lowest BCUT2D eigenvalue weighted by Crippen LogP contribution is -1.99. The molecule has 1 aromatic heterocycles. The van der Waals surface area contributed by atoms with Crippen molar-refractivity contribution in [2.45, 2.75) is 32.6 Å². The fourth-order valence-electron chi connectivity index (χ4n) is 1.26. The normalized spacial score (nSPS) is 10.1. The van der Waals surface area contributed by atoms with E-state index in [9.17, 15) is 4.79 Å². The van der Waals surface area contributed by atoms with Gasteiger partial charge in [0.15, 0.2) is 5.78 Å². The highest BCUT2D eigenvalue weighted by Crippen LogP contribution is 2.11. The van der Waals surface area contributed by atoms with Crippen LogP contribution in [-0.4, -0.2) is 10.8 Å². The standard InChI is InChI=1S/C11H14ClNO/c1-2-3-4-5-10(14)9-6-7-13-11(12)8-9/h6-8H,2-5H2,1H3. The van der Waals surface area contributed by atoms with Gasteiger partial charge in [0.2, 0.25) is 0 Å². The predicted molar refractivity (Wildman–Crippen MR) is 57.7 cm³/mol. The van der Waals surface area contributed by atoms with Gasteiger partial charge in [-0.3, -0.25) is 4.79 Å². The van der Waals surface area contributed by atoms with Crippen LogP contribution in [0.1, 0.15) is 43.0 Å². The number of rotatable bonds is 5. The fourth-order valence-corrected chi connectivity index (χ4v) is 1.43. The first-order valence-electron chi connectivity index (χ1n) is 4.88. The van der Waals surface area contributed by atoms with Crippen molar-refractivity contribution < 1.29 is 4.79 Å². The van der Waals surface area contributed by atoms with Crippen molar-refractivity contribution in [2.75, 3.05) is 0 Å². The van der Waals surface area contributed by atoms with Gasteiger partial charge in [-0.05, 0) is 18.6 Å². The van der Waals surface area contributed by atoms with Gasteiger partial charge in [0.25, 0.3) is 0 Å². The van der Waals surface area contributed by atoms with Crippen molar-refractivity contribution >= 4 is 17.4 Å². The van der Waals surface area contributed by atoms with Crippen molar-refractivity contribution in [1.82, 2.24) is 4.98 Å². The second kappa shape index (κ2) is 5.76. The summed E-state index contributed by atoms with van der Waals surface area (Å²) in [5.74, 6) is 0.155. The largest absolute Gasteiger partial charge is 0.294 e. The summed E-state index contributed by atoms with van der Waals surface area (Å²) in [5.41, 5.74) is 0.668. The number of carbonyl (C=O) groups excluding carboxylic acids is 1. The maximum Gasteiger partial charge on any atom is 0.163 e. The summed E-state index contributed by atoms with van der Waals surface area (Å²) in [6, 6.07) is 3.33. The van der Waals surface area contributed by atoms with Crippen LogP contribution in [-0.2, 0) is 0 Å². The van der Waals surface area contributed by atoms with Gasteiger partial charge in [-0.2, -0.15) is 0 Å². The van der Waals surface area contributed by atoms with Crippen LogP contribution in [0.3, 0.4) is 0 Å². The van der Waals surface area contributed by atoms with Crippen molar-refractivity contribution in [3.63, 3.8) is 0 Å². The third kappa shape index (κ3) is 3.46. The van der Waals surface area contributed by atoms with Crippen LogP contribution in [0, 0.1) is 0 Å². The molecule has 1 heterocycles. The van der Waals surface area contributed by atoms with E-state index < -0.39 is 0 Å². The van der Waals surface area contributed by atoms with Gasteiger partial charge in [0.05, 0.1) is 0 Å². The number of carbonyl (C=O) groups is 1. The highest BCUT2D eigenvalue weighted by Gasteiger charge is 2.05. The van der Waals surface area contributed by atoms with Gasteiger partial charge in [0.1, 0.15) is 5.15 Å². The Kier molecular flexibility index (Phi) is 4.60. The number of Topliss-reactive ketones (excluding diaryl/α,β-unsaturated/α-hetero) is 1. The number of unbranched alkanes of at least 4 members (excludes halogenated alkanes) is 2. The van der Waals surface area contributed by atoms with Crippen molar-refractivity contribution in [1.29, 1.82) is 0 Å². The topological polar surface area (TPSA) is 30.0 Å².